The largest absolute Gasteiger partial charge is 0.497 e. The molecular formula is C20H21NO7. The molecule has 0 unspecified atom stereocenters. The van der Waals surface area contributed by atoms with Gasteiger partial charge in [0.15, 0.2) is 18.1 Å². The number of carbonyl (C=O) groups excluding carboxylic acids is 3. The van der Waals surface area contributed by atoms with Crippen molar-refractivity contribution in [1.82, 2.24) is 5.32 Å². The van der Waals surface area contributed by atoms with Gasteiger partial charge in [0.1, 0.15) is 5.75 Å². The van der Waals surface area contributed by atoms with Crippen molar-refractivity contribution in [3.63, 3.8) is 0 Å². The first-order valence-corrected chi connectivity index (χ1v) is 8.44. The third kappa shape index (κ3) is 5.47. The van der Waals surface area contributed by atoms with Gasteiger partial charge in [-0.1, -0.05) is 0 Å². The minimum Gasteiger partial charge on any atom is -0.497 e. The summed E-state index contributed by atoms with van der Waals surface area (Å²) < 4.78 is 20.5. The lowest BCUT2D eigenvalue weighted by atomic mass is 10.2. The zero-order valence-electron chi connectivity index (χ0n) is 15.8. The number of rotatable bonds is 8. The second-order valence-corrected chi connectivity index (χ2v) is 5.48. The predicted octanol–water partition coefficient (Wildman–Crippen LogP) is 2.22. The summed E-state index contributed by atoms with van der Waals surface area (Å²) in [5, 5.41) is 2.15. The maximum Gasteiger partial charge on any atom is 0.338 e. The average Bonchev–Trinajstić information content (AvgIpc) is 2.72. The number of nitrogens with one attached hydrogen (secondary N) is 1. The van der Waals surface area contributed by atoms with E-state index >= 15 is 0 Å². The van der Waals surface area contributed by atoms with Crippen molar-refractivity contribution in [2.45, 2.75) is 6.92 Å². The second-order valence-electron chi connectivity index (χ2n) is 5.48. The number of benzene rings is 2. The molecule has 28 heavy (non-hydrogen) atoms. The Morgan fingerprint density at radius 3 is 2.18 bits per heavy atom. The Kier molecular flexibility index (Phi) is 7.38. The quantitative estimate of drug-likeness (QED) is 0.693. The van der Waals surface area contributed by atoms with Crippen LogP contribution in [0.1, 0.15) is 27.6 Å². The molecule has 0 aliphatic rings. The lowest BCUT2D eigenvalue weighted by molar-refractivity contribution is -0.123. The third-order valence-electron chi connectivity index (χ3n) is 3.64. The lowest BCUT2D eigenvalue weighted by Crippen LogP contribution is -2.34. The van der Waals surface area contributed by atoms with Crippen LogP contribution >= 0.6 is 0 Å². The molecule has 0 aliphatic heterocycles. The highest BCUT2D eigenvalue weighted by Gasteiger charge is 2.16. The topological polar surface area (TPSA) is 100 Å². The minimum atomic E-state index is -0.743. The monoisotopic (exact) mass is 387 g/mol. The van der Waals surface area contributed by atoms with Crippen LogP contribution in [0.25, 0.3) is 0 Å². The number of amides is 2. The molecule has 8 nitrogen and oxygen atoms in total. The van der Waals surface area contributed by atoms with Crippen molar-refractivity contribution < 1.29 is 33.3 Å². The lowest BCUT2D eigenvalue weighted by Gasteiger charge is -2.11. The zero-order valence-corrected chi connectivity index (χ0v) is 15.8. The molecule has 0 heterocycles. The molecule has 0 aliphatic carbocycles. The van der Waals surface area contributed by atoms with Gasteiger partial charge in [0.05, 0.1) is 26.4 Å². The van der Waals surface area contributed by atoms with Crippen LogP contribution in [0.15, 0.2) is 42.5 Å². The molecule has 0 radical (unpaired) electrons. The van der Waals surface area contributed by atoms with E-state index in [4.69, 9.17) is 18.9 Å². The maximum atomic E-state index is 12.1. The van der Waals surface area contributed by atoms with E-state index in [0.717, 1.165) is 0 Å². The summed E-state index contributed by atoms with van der Waals surface area (Å²) in [6.45, 7) is 1.67. The Labute approximate surface area is 162 Å². The van der Waals surface area contributed by atoms with Gasteiger partial charge < -0.3 is 18.9 Å². The molecule has 0 aromatic heterocycles. The van der Waals surface area contributed by atoms with Crippen molar-refractivity contribution in [2.75, 3.05) is 27.4 Å². The van der Waals surface area contributed by atoms with Gasteiger partial charge in [-0.3, -0.25) is 14.9 Å². The minimum absolute atomic E-state index is 0.189. The van der Waals surface area contributed by atoms with Gasteiger partial charge >= 0.3 is 5.97 Å². The first-order valence-electron chi connectivity index (χ1n) is 8.44. The Bertz CT molecular complexity index is 846. The van der Waals surface area contributed by atoms with Crippen LogP contribution in [-0.4, -0.2) is 45.2 Å². The molecule has 0 saturated carbocycles. The summed E-state index contributed by atoms with van der Waals surface area (Å²) in [5.41, 5.74) is 0.464. The van der Waals surface area contributed by atoms with Crippen LogP contribution in [0.4, 0.5) is 0 Å². The molecule has 0 bridgehead atoms. The van der Waals surface area contributed by atoms with Crippen molar-refractivity contribution in [3.8, 4) is 17.2 Å². The molecule has 0 spiro atoms. The van der Waals surface area contributed by atoms with Crippen LogP contribution in [0.3, 0.4) is 0 Å². The van der Waals surface area contributed by atoms with Crippen molar-refractivity contribution in [1.29, 1.82) is 0 Å². The highest BCUT2D eigenvalue weighted by Crippen LogP contribution is 2.28. The highest BCUT2D eigenvalue weighted by atomic mass is 16.5. The van der Waals surface area contributed by atoms with E-state index in [1.807, 2.05) is 6.92 Å². The fourth-order valence-corrected chi connectivity index (χ4v) is 2.26. The molecule has 8 heteroatoms. The molecular weight excluding hydrogens is 366 g/mol. The van der Waals surface area contributed by atoms with E-state index in [0.29, 0.717) is 23.9 Å². The number of hydrogen-bond acceptors (Lipinski definition) is 7. The van der Waals surface area contributed by atoms with Crippen LogP contribution in [0, 0.1) is 0 Å². The van der Waals surface area contributed by atoms with E-state index in [-0.39, 0.29) is 11.1 Å². The number of hydrogen-bond donors (Lipinski definition) is 1. The van der Waals surface area contributed by atoms with E-state index in [1.54, 1.807) is 18.2 Å². The number of ether oxygens (including phenoxy) is 4. The van der Waals surface area contributed by atoms with E-state index in [9.17, 15) is 14.4 Å². The molecule has 1 N–H and O–H groups in total. The van der Waals surface area contributed by atoms with E-state index in [2.05, 4.69) is 5.32 Å². The summed E-state index contributed by atoms with van der Waals surface area (Å²) >= 11 is 0. The van der Waals surface area contributed by atoms with Crippen molar-refractivity contribution in [3.05, 3.63) is 53.6 Å². The van der Waals surface area contributed by atoms with Gasteiger partial charge in [0.25, 0.3) is 11.8 Å². The molecule has 0 fully saturated rings. The summed E-state index contributed by atoms with van der Waals surface area (Å²) in [6, 6.07) is 10.7. The summed E-state index contributed by atoms with van der Waals surface area (Å²) in [4.78, 5) is 36.0. The smallest absolute Gasteiger partial charge is 0.338 e. The Morgan fingerprint density at radius 1 is 0.893 bits per heavy atom. The maximum absolute atomic E-state index is 12.1. The van der Waals surface area contributed by atoms with Gasteiger partial charge in [0.2, 0.25) is 0 Å². The van der Waals surface area contributed by atoms with Crippen LogP contribution in [0.2, 0.25) is 0 Å². The Morgan fingerprint density at radius 2 is 1.57 bits per heavy atom. The van der Waals surface area contributed by atoms with Gasteiger partial charge in [0, 0.05) is 5.56 Å². The van der Waals surface area contributed by atoms with Crippen molar-refractivity contribution in [2.24, 2.45) is 0 Å². The first-order chi connectivity index (χ1) is 13.5. The second kappa shape index (κ2) is 9.96. The molecule has 2 aromatic carbocycles. The molecule has 2 aromatic rings. The summed E-state index contributed by atoms with van der Waals surface area (Å²) in [5.74, 6) is -0.630. The van der Waals surface area contributed by atoms with Gasteiger partial charge in [-0.2, -0.15) is 0 Å². The number of esters is 1. The van der Waals surface area contributed by atoms with Gasteiger partial charge in [-0.15, -0.1) is 0 Å². The molecule has 2 rings (SSSR count). The molecule has 2 amide bonds. The Balaban J connectivity index is 1.91. The average molecular weight is 387 g/mol. The van der Waals surface area contributed by atoms with Crippen LogP contribution < -0.4 is 19.5 Å². The fourth-order valence-electron chi connectivity index (χ4n) is 2.26. The summed E-state index contributed by atoms with van der Waals surface area (Å²) in [6.07, 6.45) is 0. The standard InChI is InChI=1S/C20H21NO7/c1-4-27-16-10-7-14(11-17(16)26-3)20(24)28-12-18(22)21-19(23)13-5-8-15(25-2)9-6-13/h5-11H,4,12H2,1-3H3,(H,21,22,23). The fraction of sp³-hybridized carbons (Fsp3) is 0.250. The van der Waals surface area contributed by atoms with Crippen LogP contribution in [0.5, 0.6) is 17.2 Å². The summed E-state index contributed by atoms with van der Waals surface area (Å²) in [7, 11) is 2.96. The van der Waals surface area contributed by atoms with Gasteiger partial charge in [-0.25, -0.2) is 4.79 Å². The Hall–Kier alpha value is -3.55. The third-order valence-corrected chi connectivity index (χ3v) is 3.64. The molecule has 0 saturated heterocycles. The predicted molar refractivity (Wildman–Crippen MR) is 99.9 cm³/mol. The normalized spacial score (nSPS) is 9.96. The van der Waals surface area contributed by atoms with Crippen LogP contribution in [-0.2, 0) is 9.53 Å². The zero-order chi connectivity index (χ0) is 20.5. The van der Waals surface area contributed by atoms with E-state index in [1.165, 1.54) is 38.5 Å². The molecule has 0 atom stereocenters. The number of imide groups is 1. The van der Waals surface area contributed by atoms with Crippen molar-refractivity contribution >= 4 is 17.8 Å². The first kappa shape index (κ1) is 20.8. The molecule has 148 valence electrons. The van der Waals surface area contributed by atoms with E-state index < -0.39 is 24.4 Å². The SMILES string of the molecule is CCOc1ccc(C(=O)OCC(=O)NC(=O)c2ccc(OC)cc2)cc1OC. The highest BCUT2D eigenvalue weighted by molar-refractivity contribution is 6.05. The number of methoxy groups -OCH3 is 2. The van der Waals surface area contributed by atoms with Gasteiger partial charge in [-0.05, 0) is 49.4 Å². The number of carbonyl (C=O) groups is 3.